The van der Waals surface area contributed by atoms with Crippen LogP contribution in [-0.2, 0) is 9.47 Å². The Balaban J connectivity index is 2.86. The van der Waals surface area contributed by atoms with E-state index in [1.165, 1.54) is 0 Å². The zero-order valence-corrected chi connectivity index (χ0v) is 11.5. The van der Waals surface area contributed by atoms with Crippen molar-refractivity contribution in [2.45, 2.75) is 6.92 Å². The molecule has 0 aromatic heterocycles. The van der Waals surface area contributed by atoms with Crippen molar-refractivity contribution in [3.8, 4) is 0 Å². The molecule has 0 saturated heterocycles. The summed E-state index contributed by atoms with van der Waals surface area (Å²) >= 11 is 11.5. The topological polar surface area (TPSA) is 78.7 Å². The van der Waals surface area contributed by atoms with Crippen LogP contribution in [0.4, 0.5) is 5.69 Å². The zero-order valence-electron chi connectivity index (χ0n) is 10.0. The zero-order chi connectivity index (χ0) is 14.4. The molecule has 0 radical (unpaired) electrons. The van der Waals surface area contributed by atoms with E-state index in [0.29, 0.717) is 6.61 Å². The molecule has 0 bridgehead atoms. The predicted molar refractivity (Wildman–Crippen MR) is 69.9 cm³/mol. The number of halogens is 2. The number of non-ortho nitro benzene ring substituents is 1. The van der Waals surface area contributed by atoms with Crippen LogP contribution in [0.25, 0.3) is 0 Å². The van der Waals surface area contributed by atoms with Gasteiger partial charge >= 0.3 is 5.97 Å². The molecule has 1 aromatic carbocycles. The van der Waals surface area contributed by atoms with Gasteiger partial charge in [-0.2, -0.15) is 0 Å². The second-order valence-electron chi connectivity index (χ2n) is 3.38. The van der Waals surface area contributed by atoms with E-state index < -0.39 is 10.9 Å². The van der Waals surface area contributed by atoms with Gasteiger partial charge in [0.1, 0.15) is 6.61 Å². The Kier molecular flexibility index (Phi) is 6.01. The van der Waals surface area contributed by atoms with E-state index in [0.717, 1.165) is 12.1 Å². The molecule has 0 N–H and O–H groups in total. The Hall–Kier alpha value is -1.37. The lowest BCUT2D eigenvalue weighted by molar-refractivity contribution is -0.384. The predicted octanol–water partition coefficient (Wildman–Crippen LogP) is 3.09. The van der Waals surface area contributed by atoms with Gasteiger partial charge in [0.15, 0.2) is 0 Å². The van der Waals surface area contributed by atoms with E-state index >= 15 is 0 Å². The van der Waals surface area contributed by atoms with Crippen LogP contribution in [0, 0.1) is 10.1 Å². The maximum atomic E-state index is 11.7. The van der Waals surface area contributed by atoms with Gasteiger partial charge in [-0.3, -0.25) is 10.1 Å². The Morgan fingerprint density at radius 2 is 2.05 bits per heavy atom. The first-order chi connectivity index (χ1) is 8.97. The van der Waals surface area contributed by atoms with Crippen molar-refractivity contribution in [3.63, 3.8) is 0 Å². The molecule has 0 aliphatic rings. The van der Waals surface area contributed by atoms with Crippen LogP contribution >= 0.6 is 23.2 Å². The standard InChI is InChI=1S/C11H11Cl2NO5/c1-2-18-3-4-19-11(15)8-5-7(14(16)17)6-9(12)10(8)13/h5-6H,2-4H2,1H3. The molecule has 1 aromatic rings. The largest absolute Gasteiger partial charge is 0.460 e. The molecule has 19 heavy (non-hydrogen) atoms. The molecule has 0 aliphatic heterocycles. The highest BCUT2D eigenvalue weighted by Gasteiger charge is 2.20. The van der Waals surface area contributed by atoms with Gasteiger partial charge in [0.25, 0.3) is 5.69 Å². The highest BCUT2D eigenvalue weighted by Crippen LogP contribution is 2.31. The number of esters is 1. The number of hydrogen-bond donors (Lipinski definition) is 0. The van der Waals surface area contributed by atoms with Crippen molar-refractivity contribution < 1.29 is 19.2 Å². The molecular formula is C11H11Cl2NO5. The van der Waals surface area contributed by atoms with E-state index in [-0.39, 0.29) is 34.5 Å². The van der Waals surface area contributed by atoms with E-state index in [4.69, 9.17) is 32.7 Å². The summed E-state index contributed by atoms with van der Waals surface area (Å²) in [5.74, 6) is -0.782. The molecule has 6 nitrogen and oxygen atoms in total. The number of rotatable bonds is 6. The summed E-state index contributed by atoms with van der Waals surface area (Å²) in [6.07, 6.45) is 0. The maximum Gasteiger partial charge on any atom is 0.340 e. The maximum absolute atomic E-state index is 11.7. The highest BCUT2D eigenvalue weighted by molar-refractivity contribution is 6.43. The molecule has 0 fully saturated rings. The lowest BCUT2D eigenvalue weighted by Gasteiger charge is -2.07. The van der Waals surface area contributed by atoms with Gasteiger partial charge in [0.2, 0.25) is 0 Å². The van der Waals surface area contributed by atoms with E-state index in [1.54, 1.807) is 6.92 Å². The molecule has 0 spiro atoms. The summed E-state index contributed by atoms with van der Waals surface area (Å²) in [5.41, 5.74) is -0.469. The average molecular weight is 308 g/mol. The first-order valence-electron chi connectivity index (χ1n) is 5.35. The summed E-state index contributed by atoms with van der Waals surface area (Å²) in [6, 6.07) is 2.10. The highest BCUT2D eigenvalue weighted by atomic mass is 35.5. The van der Waals surface area contributed by atoms with Crippen molar-refractivity contribution in [2.24, 2.45) is 0 Å². The molecular weight excluding hydrogens is 297 g/mol. The molecule has 8 heteroatoms. The average Bonchev–Trinajstić information content (AvgIpc) is 2.37. The van der Waals surface area contributed by atoms with Crippen molar-refractivity contribution >= 4 is 34.9 Å². The molecule has 0 amide bonds. The van der Waals surface area contributed by atoms with Gasteiger partial charge in [-0.25, -0.2) is 4.79 Å². The number of carbonyl (C=O) groups excluding carboxylic acids is 1. The van der Waals surface area contributed by atoms with Crippen LogP contribution in [-0.4, -0.2) is 30.7 Å². The summed E-state index contributed by atoms with van der Waals surface area (Å²) in [6.45, 7) is 2.58. The number of hydrogen-bond acceptors (Lipinski definition) is 5. The van der Waals surface area contributed by atoms with Gasteiger partial charge in [-0.1, -0.05) is 23.2 Å². The van der Waals surface area contributed by atoms with Gasteiger partial charge in [0.05, 0.1) is 27.1 Å². The van der Waals surface area contributed by atoms with E-state index in [2.05, 4.69) is 0 Å². The minimum Gasteiger partial charge on any atom is -0.460 e. The quantitative estimate of drug-likeness (QED) is 0.349. The van der Waals surface area contributed by atoms with Crippen LogP contribution in [0.2, 0.25) is 10.0 Å². The third-order valence-electron chi connectivity index (χ3n) is 2.11. The van der Waals surface area contributed by atoms with E-state index in [1.807, 2.05) is 0 Å². The minimum atomic E-state index is -0.782. The second kappa shape index (κ2) is 7.28. The summed E-state index contributed by atoms with van der Waals surface area (Å²) in [7, 11) is 0. The summed E-state index contributed by atoms with van der Waals surface area (Å²) in [4.78, 5) is 21.7. The lowest BCUT2D eigenvalue weighted by Crippen LogP contribution is -2.11. The first kappa shape index (κ1) is 15.7. The molecule has 0 saturated carbocycles. The smallest absolute Gasteiger partial charge is 0.340 e. The molecule has 0 atom stereocenters. The molecule has 104 valence electrons. The van der Waals surface area contributed by atoms with Crippen molar-refractivity contribution in [2.75, 3.05) is 19.8 Å². The van der Waals surface area contributed by atoms with Crippen LogP contribution in [0.5, 0.6) is 0 Å². The normalized spacial score (nSPS) is 10.3. The number of ether oxygens (including phenoxy) is 2. The third kappa shape index (κ3) is 4.34. The van der Waals surface area contributed by atoms with Crippen LogP contribution < -0.4 is 0 Å². The SMILES string of the molecule is CCOCCOC(=O)c1cc([N+](=O)[O-])cc(Cl)c1Cl. The Labute approximate surface area is 119 Å². The molecule has 1 rings (SSSR count). The van der Waals surface area contributed by atoms with Gasteiger partial charge in [-0.15, -0.1) is 0 Å². The summed E-state index contributed by atoms with van der Waals surface area (Å²) in [5, 5.41) is 10.5. The van der Waals surface area contributed by atoms with Crippen LogP contribution in [0.1, 0.15) is 17.3 Å². The third-order valence-corrected chi connectivity index (χ3v) is 2.91. The van der Waals surface area contributed by atoms with Crippen LogP contribution in [0.15, 0.2) is 12.1 Å². The first-order valence-corrected chi connectivity index (χ1v) is 6.11. The number of benzene rings is 1. The minimum absolute atomic E-state index is 0.0311. The summed E-state index contributed by atoms with van der Waals surface area (Å²) < 4.78 is 9.86. The molecule has 0 heterocycles. The number of carbonyl (C=O) groups is 1. The Morgan fingerprint density at radius 3 is 2.63 bits per heavy atom. The van der Waals surface area contributed by atoms with Gasteiger partial charge in [-0.05, 0) is 6.92 Å². The fourth-order valence-electron chi connectivity index (χ4n) is 1.24. The second-order valence-corrected chi connectivity index (χ2v) is 4.16. The van der Waals surface area contributed by atoms with Crippen molar-refractivity contribution in [1.29, 1.82) is 0 Å². The van der Waals surface area contributed by atoms with Crippen LogP contribution in [0.3, 0.4) is 0 Å². The van der Waals surface area contributed by atoms with Crippen molar-refractivity contribution in [3.05, 3.63) is 37.9 Å². The Morgan fingerprint density at radius 1 is 1.37 bits per heavy atom. The number of nitro groups is 1. The van der Waals surface area contributed by atoms with Gasteiger partial charge in [0, 0.05) is 18.7 Å². The van der Waals surface area contributed by atoms with Gasteiger partial charge < -0.3 is 9.47 Å². The van der Waals surface area contributed by atoms with Crippen molar-refractivity contribution in [1.82, 2.24) is 0 Å². The monoisotopic (exact) mass is 307 g/mol. The fraction of sp³-hybridized carbons (Fsp3) is 0.364. The Bertz CT molecular complexity index is 492. The van der Waals surface area contributed by atoms with E-state index in [9.17, 15) is 14.9 Å². The molecule has 0 unspecified atom stereocenters. The molecule has 0 aliphatic carbocycles. The lowest BCUT2D eigenvalue weighted by atomic mass is 10.2. The number of nitro benzene ring substituents is 1. The fourth-order valence-corrected chi connectivity index (χ4v) is 1.64. The number of nitrogens with zero attached hydrogens (tertiary/aromatic N) is 1.